The van der Waals surface area contributed by atoms with E-state index in [9.17, 15) is 9.59 Å². The van der Waals surface area contributed by atoms with Gasteiger partial charge in [0.15, 0.2) is 0 Å². The standard InChI is InChI=1S/C18H35NO2/c1-3-4-5-6-7-8-9-10-11-12-13-14-15-16-18(21)19-17(2)20/h3-16H2,1-2H3,(H,19,20,21). The fourth-order valence-corrected chi connectivity index (χ4v) is 2.56. The van der Waals surface area contributed by atoms with Gasteiger partial charge in [-0.1, -0.05) is 84.0 Å². The van der Waals surface area contributed by atoms with Crippen molar-refractivity contribution in [2.75, 3.05) is 0 Å². The monoisotopic (exact) mass is 297 g/mol. The van der Waals surface area contributed by atoms with Crippen LogP contribution in [0.25, 0.3) is 0 Å². The predicted octanol–water partition coefficient (Wildman–Crippen LogP) is 5.13. The summed E-state index contributed by atoms with van der Waals surface area (Å²) in [7, 11) is 0. The average Bonchev–Trinajstić information content (AvgIpc) is 2.43. The van der Waals surface area contributed by atoms with Gasteiger partial charge in [-0.3, -0.25) is 14.9 Å². The molecule has 0 aliphatic carbocycles. The molecule has 0 bridgehead atoms. The lowest BCUT2D eigenvalue weighted by atomic mass is 10.0. The van der Waals surface area contributed by atoms with Gasteiger partial charge in [-0.15, -0.1) is 0 Å². The predicted molar refractivity (Wildman–Crippen MR) is 89.1 cm³/mol. The number of amides is 2. The first-order chi connectivity index (χ1) is 10.2. The first-order valence-corrected chi connectivity index (χ1v) is 8.97. The van der Waals surface area contributed by atoms with Gasteiger partial charge in [0.05, 0.1) is 0 Å². The van der Waals surface area contributed by atoms with Crippen molar-refractivity contribution < 1.29 is 9.59 Å². The fraction of sp³-hybridized carbons (Fsp3) is 0.889. The largest absolute Gasteiger partial charge is 0.297 e. The number of hydrogen-bond acceptors (Lipinski definition) is 2. The van der Waals surface area contributed by atoms with E-state index in [1.165, 1.54) is 77.6 Å². The van der Waals surface area contributed by atoms with E-state index >= 15 is 0 Å². The molecule has 3 nitrogen and oxygen atoms in total. The average molecular weight is 297 g/mol. The van der Waals surface area contributed by atoms with Crippen LogP contribution in [0.5, 0.6) is 0 Å². The lowest BCUT2D eigenvalue weighted by molar-refractivity contribution is -0.129. The summed E-state index contributed by atoms with van der Waals surface area (Å²) in [5.41, 5.74) is 0. The van der Waals surface area contributed by atoms with Crippen LogP contribution in [0.3, 0.4) is 0 Å². The van der Waals surface area contributed by atoms with E-state index in [4.69, 9.17) is 0 Å². The van der Waals surface area contributed by atoms with Crippen LogP contribution < -0.4 is 5.32 Å². The van der Waals surface area contributed by atoms with Crippen molar-refractivity contribution in [1.29, 1.82) is 0 Å². The van der Waals surface area contributed by atoms with Crippen molar-refractivity contribution in [1.82, 2.24) is 5.32 Å². The summed E-state index contributed by atoms with van der Waals surface area (Å²) in [6.07, 6.45) is 17.4. The number of nitrogens with one attached hydrogen (secondary N) is 1. The lowest BCUT2D eigenvalue weighted by Crippen LogP contribution is -2.27. The molecule has 0 fully saturated rings. The third-order valence-electron chi connectivity index (χ3n) is 3.82. The second-order valence-electron chi connectivity index (χ2n) is 6.10. The van der Waals surface area contributed by atoms with Gasteiger partial charge in [-0.05, 0) is 6.42 Å². The maximum Gasteiger partial charge on any atom is 0.226 e. The van der Waals surface area contributed by atoms with Crippen LogP contribution in [0.4, 0.5) is 0 Å². The van der Waals surface area contributed by atoms with Crippen molar-refractivity contribution >= 4 is 11.8 Å². The molecule has 0 rings (SSSR count). The molecule has 0 radical (unpaired) electrons. The molecular formula is C18H35NO2. The normalized spacial score (nSPS) is 10.6. The highest BCUT2D eigenvalue weighted by Gasteiger charge is 2.02. The van der Waals surface area contributed by atoms with E-state index in [0.29, 0.717) is 6.42 Å². The van der Waals surface area contributed by atoms with E-state index in [-0.39, 0.29) is 11.8 Å². The van der Waals surface area contributed by atoms with Gasteiger partial charge in [0, 0.05) is 13.3 Å². The molecule has 0 aliphatic rings. The van der Waals surface area contributed by atoms with Gasteiger partial charge < -0.3 is 0 Å². The number of carbonyl (C=O) groups excluding carboxylic acids is 2. The summed E-state index contributed by atoms with van der Waals surface area (Å²) in [5.74, 6) is -0.389. The van der Waals surface area contributed by atoms with Crippen LogP contribution >= 0.6 is 0 Å². The highest BCUT2D eigenvalue weighted by Crippen LogP contribution is 2.12. The summed E-state index contributed by atoms with van der Waals surface area (Å²) in [4.78, 5) is 21.9. The Labute approximate surface area is 131 Å². The minimum atomic E-state index is -0.255. The molecule has 1 N–H and O–H groups in total. The molecule has 0 unspecified atom stereocenters. The smallest absolute Gasteiger partial charge is 0.226 e. The van der Waals surface area contributed by atoms with Gasteiger partial charge in [0.2, 0.25) is 11.8 Å². The SMILES string of the molecule is CCCCCCCCCCCCCCCC(=O)NC(C)=O. The molecule has 3 heteroatoms. The number of imide groups is 1. The van der Waals surface area contributed by atoms with Gasteiger partial charge in [0.25, 0.3) is 0 Å². The number of unbranched alkanes of at least 4 members (excludes halogenated alkanes) is 12. The topological polar surface area (TPSA) is 46.2 Å². The van der Waals surface area contributed by atoms with Crippen molar-refractivity contribution in [2.24, 2.45) is 0 Å². The fourth-order valence-electron chi connectivity index (χ4n) is 2.56. The molecule has 2 amide bonds. The molecule has 0 aromatic heterocycles. The molecule has 0 atom stereocenters. The number of hydrogen-bond donors (Lipinski definition) is 1. The van der Waals surface area contributed by atoms with Gasteiger partial charge in [-0.25, -0.2) is 0 Å². The van der Waals surface area contributed by atoms with Gasteiger partial charge >= 0.3 is 0 Å². The zero-order valence-corrected chi connectivity index (χ0v) is 14.2. The highest BCUT2D eigenvalue weighted by molar-refractivity contribution is 5.93. The van der Waals surface area contributed by atoms with Crippen LogP contribution in [0, 0.1) is 0 Å². The van der Waals surface area contributed by atoms with E-state index in [0.717, 1.165) is 12.8 Å². The summed E-state index contributed by atoms with van der Waals surface area (Å²) in [5, 5.41) is 2.31. The minimum Gasteiger partial charge on any atom is -0.297 e. The molecule has 124 valence electrons. The van der Waals surface area contributed by atoms with Crippen LogP contribution in [-0.4, -0.2) is 11.8 Å². The van der Waals surface area contributed by atoms with Crippen molar-refractivity contribution in [3.05, 3.63) is 0 Å². The zero-order valence-electron chi connectivity index (χ0n) is 14.2. The minimum absolute atomic E-state index is 0.134. The summed E-state index contributed by atoms with van der Waals surface area (Å²) in [6, 6.07) is 0. The second kappa shape index (κ2) is 15.5. The summed E-state index contributed by atoms with van der Waals surface area (Å²) < 4.78 is 0. The lowest BCUT2D eigenvalue weighted by Gasteiger charge is -2.03. The third kappa shape index (κ3) is 17.1. The quantitative estimate of drug-likeness (QED) is 0.452. The Morgan fingerprint density at radius 2 is 1.05 bits per heavy atom. The van der Waals surface area contributed by atoms with E-state index in [1.807, 2.05) is 0 Å². The van der Waals surface area contributed by atoms with Crippen LogP contribution in [-0.2, 0) is 9.59 Å². The van der Waals surface area contributed by atoms with E-state index in [1.54, 1.807) is 0 Å². The Bertz CT molecular complexity index is 264. The maximum absolute atomic E-state index is 11.2. The van der Waals surface area contributed by atoms with Crippen molar-refractivity contribution in [2.45, 2.75) is 104 Å². The number of rotatable bonds is 14. The second-order valence-corrected chi connectivity index (χ2v) is 6.10. The van der Waals surface area contributed by atoms with Crippen molar-refractivity contribution in [3.63, 3.8) is 0 Å². The van der Waals surface area contributed by atoms with Gasteiger partial charge in [0.1, 0.15) is 0 Å². The molecule has 0 aliphatic heterocycles. The molecule has 21 heavy (non-hydrogen) atoms. The first-order valence-electron chi connectivity index (χ1n) is 8.97. The molecule has 0 saturated carbocycles. The van der Waals surface area contributed by atoms with Gasteiger partial charge in [-0.2, -0.15) is 0 Å². The van der Waals surface area contributed by atoms with Crippen molar-refractivity contribution in [3.8, 4) is 0 Å². The molecule has 0 aromatic rings. The Kier molecular flexibility index (Phi) is 14.9. The summed E-state index contributed by atoms with van der Waals surface area (Å²) >= 11 is 0. The molecular weight excluding hydrogens is 262 g/mol. The molecule has 0 spiro atoms. The van der Waals surface area contributed by atoms with E-state index in [2.05, 4.69) is 12.2 Å². The van der Waals surface area contributed by atoms with E-state index < -0.39 is 0 Å². The Hall–Kier alpha value is -0.860. The van der Waals surface area contributed by atoms with Crippen LogP contribution in [0.2, 0.25) is 0 Å². The molecule has 0 heterocycles. The zero-order chi connectivity index (χ0) is 15.8. The molecule has 0 aromatic carbocycles. The highest BCUT2D eigenvalue weighted by atomic mass is 16.2. The Balaban J connectivity index is 3.09. The first kappa shape index (κ1) is 20.1. The Morgan fingerprint density at radius 1 is 0.667 bits per heavy atom. The Morgan fingerprint density at radius 3 is 1.43 bits per heavy atom. The third-order valence-corrected chi connectivity index (χ3v) is 3.82. The van der Waals surface area contributed by atoms with Crippen LogP contribution in [0.15, 0.2) is 0 Å². The van der Waals surface area contributed by atoms with Crippen LogP contribution in [0.1, 0.15) is 104 Å². The number of carbonyl (C=O) groups is 2. The molecule has 0 saturated heterocycles. The maximum atomic E-state index is 11.2. The summed E-state index contributed by atoms with van der Waals surface area (Å²) in [6.45, 7) is 3.64.